The van der Waals surface area contributed by atoms with Gasteiger partial charge in [-0.15, -0.1) is 0 Å². The van der Waals surface area contributed by atoms with Gasteiger partial charge < -0.3 is 5.32 Å². The first-order valence-electron chi connectivity index (χ1n) is 5.63. The largest absolute Gasteiger partial charge is 0.384 e. The molecule has 0 spiro atoms. The van der Waals surface area contributed by atoms with Gasteiger partial charge in [0.1, 0.15) is 16.8 Å². The summed E-state index contributed by atoms with van der Waals surface area (Å²) in [6.07, 6.45) is 2.49. The molecule has 0 bridgehead atoms. The van der Waals surface area contributed by atoms with E-state index in [1.165, 1.54) is 5.56 Å². The molecule has 1 heterocycles. The summed E-state index contributed by atoms with van der Waals surface area (Å²) in [5.74, 6) is 0. The minimum atomic E-state index is 0.238. The molecule has 0 unspecified atom stereocenters. The summed E-state index contributed by atoms with van der Waals surface area (Å²) in [6, 6.07) is 14.0. The van der Waals surface area contributed by atoms with Crippen molar-refractivity contribution in [3.8, 4) is 6.07 Å². The van der Waals surface area contributed by atoms with Crippen LogP contribution in [-0.2, 0) is 6.42 Å². The monoisotopic (exact) mass is 257 g/mol. The van der Waals surface area contributed by atoms with Gasteiger partial charge in [0.25, 0.3) is 0 Å². The van der Waals surface area contributed by atoms with E-state index in [1.807, 2.05) is 18.2 Å². The topological polar surface area (TPSA) is 48.7 Å². The second kappa shape index (κ2) is 6.04. The molecule has 0 aliphatic heterocycles. The van der Waals surface area contributed by atoms with Crippen LogP contribution in [0.4, 0.5) is 5.69 Å². The first kappa shape index (κ1) is 12.4. The number of nitriles is 1. The fraction of sp³-hybridized carbons (Fsp3) is 0.143. The van der Waals surface area contributed by atoms with E-state index < -0.39 is 0 Å². The zero-order valence-corrected chi connectivity index (χ0v) is 10.5. The molecule has 0 saturated heterocycles. The molecule has 0 aliphatic rings. The molecule has 0 aliphatic carbocycles. The number of hydrogen-bond acceptors (Lipinski definition) is 3. The Balaban J connectivity index is 1.99. The second-order valence-electron chi connectivity index (χ2n) is 3.80. The first-order valence-corrected chi connectivity index (χ1v) is 6.01. The van der Waals surface area contributed by atoms with Crippen LogP contribution in [0.5, 0.6) is 0 Å². The van der Waals surface area contributed by atoms with E-state index in [-0.39, 0.29) is 5.15 Å². The predicted octanol–water partition coefficient (Wildman–Crippen LogP) is 3.26. The van der Waals surface area contributed by atoms with E-state index in [4.69, 9.17) is 16.9 Å². The molecule has 0 fully saturated rings. The number of benzene rings is 1. The van der Waals surface area contributed by atoms with Crippen molar-refractivity contribution in [1.82, 2.24) is 4.98 Å². The summed E-state index contributed by atoms with van der Waals surface area (Å²) >= 11 is 5.85. The van der Waals surface area contributed by atoms with Crippen molar-refractivity contribution in [3.05, 3.63) is 58.9 Å². The molecule has 0 saturated carbocycles. The van der Waals surface area contributed by atoms with E-state index >= 15 is 0 Å². The quantitative estimate of drug-likeness (QED) is 0.856. The summed E-state index contributed by atoms with van der Waals surface area (Å²) in [4.78, 5) is 3.88. The Bertz CT molecular complexity index is 561. The van der Waals surface area contributed by atoms with E-state index in [0.29, 0.717) is 5.56 Å². The first-order chi connectivity index (χ1) is 8.81. The Morgan fingerprint density at radius 3 is 2.72 bits per heavy atom. The lowest BCUT2D eigenvalue weighted by atomic mass is 10.1. The lowest BCUT2D eigenvalue weighted by Gasteiger charge is -2.08. The van der Waals surface area contributed by atoms with Crippen LogP contribution in [-0.4, -0.2) is 11.5 Å². The Morgan fingerprint density at radius 2 is 2.00 bits per heavy atom. The molecule has 2 rings (SSSR count). The van der Waals surface area contributed by atoms with Crippen LogP contribution < -0.4 is 5.32 Å². The van der Waals surface area contributed by atoms with Gasteiger partial charge >= 0.3 is 0 Å². The van der Waals surface area contributed by atoms with Gasteiger partial charge in [0, 0.05) is 12.7 Å². The van der Waals surface area contributed by atoms with Gasteiger partial charge in [0.05, 0.1) is 5.69 Å². The molecular formula is C14H12ClN3. The SMILES string of the molecule is N#Cc1c(NCCc2ccccc2)ccnc1Cl. The lowest BCUT2D eigenvalue weighted by Crippen LogP contribution is -2.06. The summed E-state index contributed by atoms with van der Waals surface area (Å²) in [5.41, 5.74) is 2.38. The van der Waals surface area contributed by atoms with Crippen molar-refractivity contribution in [1.29, 1.82) is 5.26 Å². The number of nitrogens with one attached hydrogen (secondary N) is 1. The van der Waals surface area contributed by atoms with E-state index in [9.17, 15) is 0 Å². The van der Waals surface area contributed by atoms with Crippen molar-refractivity contribution in [2.75, 3.05) is 11.9 Å². The zero-order chi connectivity index (χ0) is 12.8. The predicted molar refractivity (Wildman–Crippen MR) is 72.6 cm³/mol. The van der Waals surface area contributed by atoms with Gasteiger partial charge in [-0.1, -0.05) is 41.9 Å². The lowest BCUT2D eigenvalue weighted by molar-refractivity contribution is 1.02. The van der Waals surface area contributed by atoms with E-state index in [0.717, 1.165) is 18.7 Å². The van der Waals surface area contributed by atoms with Crippen LogP contribution in [0.15, 0.2) is 42.6 Å². The third-order valence-electron chi connectivity index (χ3n) is 2.59. The van der Waals surface area contributed by atoms with Crippen LogP contribution in [0.3, 0.4) is 0 Å². The third kappa shape index (κ3) is 2.99. The maximum absolute atomic E-state index is 9.00. The summed E-state index contributed by atoms with van der Waals surface area (Å²) in [7, 11) is 0. The number of aromatic nitrogens is 1. The fourth-order valence-electron chi connectivity index (χ4n) is 1.68. The normalized spacial score (nSPS) is 9.78. The van der Waals surface area contributed by atoms with Gasteiger partial charge in [-0.2, -0.15) is 5.26 Å². The highest BCUT2D eigenvalue weighted by Crippen LogP contribution is 2.20. The molecule has 18 heavy (non-hydrogen) atoms. The zero-order valence-electron chi connectivity index (χ0n) is 9.73. The minimum absolute atomic E-state index is 0.238. The molecule has 0 atom stereocenters. The molecule has 2 aromatic rings. The standard InChI is InChI=1S/C14H12ClN3/c15-14-12(10-16)13(7-9-18-14)17-8-6-11-4-2-1-3-5-11/h1-5,7,9H,6,8H2,(H,17,18). The number of anilines is 1. The van der Waals surface area contributed by atoms with Crippen LogP contribution in [0, 0.1) is 11.3 Å². The van der Waals surface area contributed by atoms with Crippen LogP contribution >= 0.6 is 11.6 Å². The highest BCUT2D eigenvalue weighted by atomic mass is 35.5. The van der Waals surface area contributed by atoms with Crippen molar-refractivity contribution in [2.45, 2.75) is 6.42 Å². The highest BCUT2D eigenvalue weighted by Gasteiger charge is 2.06. The van der Waals surface area contributed by atoms with Crippen molar-refractivity contribution in [3.63, 3.8) is 0 Å². The Morgan fingerprint density at radius 1 is 1.22 bits per heavy atom. The Hall–Kier alpha value is -2.05. The smallest absolute Gasteiger partial charge is 0.148 e. The van der Waals surface area contributed by atoms with Gasteiger partial charge in [-0.3, -0.25) is 0 Å². The van der Waals surface area contributed by atoms with Crippen LogP contribution in [0.2, 0.25) is 5.15 Å². The molecule has 1 aromatic carbocycles. The molecule has 1 aromatic heterocycles. The van der Waals surface area contributed by atoms with Crippen molar-refractivity contribution >= 4 is 17.3 Å². The maximum atomic E-state index is 9.00. The van der Waals surface area contributed by atoms with Crippen LogP contribution in [0.25, 0.3) is 0 Å². The van der Waals surface area contributed by atoms with E-state index in [1.54, 1.807) is 12.3 Å². The Labute approximate surface area is 111 Å². The minimum Gasteiger partial charge on any atom is -0.384 e. The number of halogens is 1. The van der Waals surface area contributed by atoms with Gasteiger partial charge in [0.15, 0.2) is 0 Å². The third-order valence-corrected chi connectivity index (χ3v) is 2.88. The molecule has 0 amide bonds. The highest BCUT2D eigenvalue weighted by molar-refractivity contribution is 6.30. The summed E-state index contributed by atoms with van der Waals surface area (Å²) in [6.45, 7) is 0.749. The van der Waals surface area contributed by atoms with E-state index in [2.05, 4.69) is 28.5 Å². The summed E-state index contributed by atoms with van der Waals surface area (Å²) in [5, 5.41) is 12.4. The number of nitrogens with zero attached hydrogens (tertiary/aromatic N) is 2. The van der Waals surface area contributed by atoms with Crippen LogP contribution in [0.1, 0.15) is 11.1 Å². The molecule has 3 nitrogen and oxygen atoms in total. The summed E-state index contributed by atoms with van der Waals surface area (Å²) < 4.78 is 0. The van der Waals surface area contributed by atoms with Gasteiger partial charge in [-0.05, 0) is 18.1 Å². The molecule has 1 N–H and O–H groups in total. The van der Waals surface area contributed by atoms with Crippen molar-refractivity contribution in [2.24, 2.45) is 0 Å². The fourth-order valence-corrected chi connectivity index (χ4v) is 1.88. The molecule has 90 valence electrons. The molecular weight excluding hydrogens is 246 g/mol. The maximum Gasteiger partial charge on any atom is 0.148 e. The van der Waals surface area contributed by atoms with Gasteiger partial charge in [-0.25, -0.2) is 4.98 Å². The Kier molecular flexibility index (Phi) is 4.16. The number of hydrogen-bond donors (Lipinski definition) is 1. The average Bonchev–Trinajstić information content (AvgIpc) is 2.40. The molecule has 0 radical (unpaired) electrons. The second-order valence-corrected chi connectivity index (χ2v) is 4.16. The molecule has 4 heteroatoms. The van der Waals surface area contributed by atoms with Gasteiger partial charge in [0.2, 0.25) is 0 Å². The average molecular weight is 258 g/mol. The number of pyridine rings is 1. The number of rotatable bonds is 4. The van der Waals surface area contributed by atoms with Crippen molar-refractivity contribution < 1.29 is 0 Å².